The number of nitrogens with zero attached hydrogens (tertiary/aromatic N) is 2. The summed E-state index contributed by atoms with van der Waals surface area (Å²) in [5.41, 5.74) is 8.85. The van der Waals surface area contributed by atoms with Crippen LogP contribution in [0.5, 0.6) is 0 Å². The molecule has 1 aliphatic rings. The molecule has 3 heterocycles. The standard InChI is InChI=1S/C17H24BrN5O/c1-9(2)17(24)22-13-7-21-16-14(13)15(11(18)6-20-16)23-5-4-10(3)12(19)8-23/h6-7,9-10,12H,4-5,8,19H2,1-3H3,(H,20,21)(H,22,24)/t10?,12-/m0/s1. The number of aromatic nitrogens is 2. The predicted molar refractivity (Wildman–Crippen MR) is 101 cm³/mol. The van der Waals surface area contributed by atoms with Crippen LogP contribution in [0.1, 0.15) is 27.2 Å². The fourth-order valence-electron chi connectivity index (χ4n) is 3.04. The van der Waals surface area contributed by atoms with Gasteiger partial charge >= 0.3 is 0 Å². The molecule has 130 valence electrons. The summed E-state index contributed by atoms with van der Waals surface area (Å²) >= 11 is 3.63. The van der Waals surface area contributed by atoms with Crippen LogP contribution in [0.2, 0.25) is 0 Å². The van der Waals surface area contributed by atoms with E-state index in [1.54, 1.807) is 12.4 Å². The quantitative estimate of drug-likeness (QED) is 0.747. The Balaban J connectivity index is 2.04. The lowest BCUT2D eigenvalue weighted by atomic mass is 9.94. The minimum Gasteiger partial charge on any atom is -0.368 e. The number of rotatable bonds is 3. The summed E-state index contributed by atoms with van der Waals surface area (Å²) < 4.78 is 0.913. The molecule has 6 nitrogen and oxygen atoms in total. The van der Waals surface area contributed by atoms with E-state index < -0.39 is 0 Å². The molecule has 0 bridgehead atoms. The van der Waals surface area contributed by atoms with E-state index in [0.717, 1.165) is 46.4 Å². The molecule has 0 aromatic carbocycles. The molecule has 0 radical (unpaired) electrons. The third-order valence-corrected chi connectivity index (χ3v) is 5.32. The fourth-order valence-corrected chi connectivity index (χ4v) is 3.59. The van der Waals surface area contributed by atoms with Crippen molar-refractivity contribution in [2.75, 3.05) is 23.3 Å². The molecule has 0 aliphatic carbocycles. The van der Waals surface area contributed by atoms with Crippen LogP contribution in [-0.4, -0.2) is 35.0 Å². The van der Waals surface area contributed by atoms with Gasteiger partial charge in [-0.05, 0) is 28.3 Å². The first-order valence-electron chi connectivity index (χ1n) is 8.35. The van der Waals surface area contributed by atoms with Gasteiger partial charge in [0, 0.05) is 37.4 Å². The van der Waals surface area contributed by atoms with Crippen molar-refractivity contribution in [3.63, 3.8) is 0 Å². The van der Waals surface area contributed by atoms with Crippen LogP contribution >= 0.6 is 15.9 Å². The molecule has 3 rings (SSSR count). The van der Waals surface area contributed by atoms with Crippen molar-refractivity contribution in [1.29, 1.82) is 0 Å². The summed E-state index contributed by atoms with van der Waals surface area (Å²) in [5, 5.41) is 3.93. The van der Waals surface area contributed by atoms with Crippen molar-refractivity contribution >= 4 is 44.2 Å². The Labute approximate surface area is 150 Å². The largest absolute Gasteiger partial charge is 0.368 e. The van der Waals surface area contributed by atoms with Gasteiger partial charge < -0.3 is 20.9 Å². The maximum atomic E-state index is 12.1. The van der Waals surface area contributed by atoms with Gasteiger partial charge in [0.05, 0.1) is 21.2 Å². The lowest BCUT2D eigenvalue weighted by Crippen LogP contribution is -2.47. The van der Waals surface area contributed by atoms with E-state index in [0.29, 0.717) is 5.92 Å². The van der Waals surface area contributed by atoms with Gasteiger partial charge in [-0.3, -0.25) is 4.79 Å². The van der Waals surface area contributed by atoms with Crippen LogP contribution < -0.4 is 16.0 Å². The van der Waals surface area contributed by atoms with Crippen LogP contribution in [-0.2, 0) is 4.79 Å². The van der Waals surface area contributed by atoms with Crippen LogP contribution in [0.15, 0.2) is 16.9 Å². The molecular weight excluding hydrogens is 370 g/mol. The summed E-state index contributed by atoms with van der Waals surface area (Å²) in [6.45, 7) is 7.69. The average molecular weight is 394 g/mol. The topological polar surface area (TPSA) is 87.0 Å². The van der Waals surface area contributed by atoms with Crippen LogP contribution in [0.25, 0.3) is 11.0 Å². The first kappa shape index (κ1) is 17.2. The average Bonchev–Trinajstić information content (AvgIpc) is 2.93. The number of carbonyl (C=O) groups is 1. The highest BCUT2D eigenvalue weighted by Crippen LogP contribution is 2.39. The zero-order valence-corrected chi connectivity index (χ0v) is 15.9. The van der Waals surface area contributed by atoms with Crippen LogP contribution in [0.3, 0.4) is 0 Å². The van der Waals surface area contributed by atoms with Gasteiger partial charge in [-0.25, -0.2) is 4.98 Å². The Morgan fingerprint density at radius 2 is 2.29 bits per heavy atom. The Hall–Kier alpha value is -1.60. The minimum absolute atomic E-state index is 0.00852. The van der Waals surface area contributed by atoms with E-state index >= 15 is 0 Å². The highest BCUT2D eigenvalue weighted by Gasteiger charge is 2.27. The number of nitrogens with two attached hydrogens (primary N) is 1. The molecule has 2 atom stereocenters. The number of piperidine rings is 1. The van der Waals surface area contributed by atoms with E-state index in [9.17, 15) is 4.79 Å². The van der Waals surface area contributed by atoms with Gasteiger partial charge in [-0.1, -0.05) is 20.8 Å². The number of hydrogen-bond acceptors (Lipinski definition) is 4. The monoisotopic (exact) mass is 393 g/mol. The second-order valence-corrected chi connectivity index (χ2v) is 7.75. The highest BCUT2D eigenvalue weighted by molar-refractivity contribution is 9.10. The Bertz CT molecular complexity index is 757. The van der Waals surface area contributed by atoms with E-state index in [4.69, 9.17) is 5.73 Å². The lowest BCUT2D eigenvalue weighted by Gasteiger charge is -2.37. The molecule has 7 heteroatoms. The zero-order valence-electron chi connectivity index (χ0n) is 14.3. The fraction of sp³-hybridized carbons (Fsp3) is 0.529. The molecule has 1 saturated heterocycles. The summed E-state index contributed by atoms with van der Waals surface area (Å²) in [5.74, 6) is 0.428. The zero-order chi connectivity index (χ0) is 17.4. The number of hydrogen-bond donors (Lipinski definition) is 3. The van der Waals surface area contributed by atoms with Gasteiger partial charge in [0.2, 0.25) is 5.91 Å². The number of halogens is 1. The number of carbonyl (C=O) groups excluding carboxylic acids is 1. The second-order valence-electron chi connectivity index (χ2n) is 6.90. The predicted octanol–water partition coefficient (Wildman–Crippen LogP) is 3.09. The summed E-state index contributed by atoms with van der Waals surface area (Å²) in [6, 6.07) is 0.140. The van der Waals surface area contributed by atoms with Gasteiger partial charge in [0.25, 0.3) is 0 Å². The number of anilines is 2. The number of nitrogens with one attached hydrogen (secondary N) is 2. The van der Waals surface area contributed by atoms with Gasteiger partial charge in [0.1, 0.15) is 5.65 Å². The second kappa shape index (κ2) is 6.72. The van der Waals surface area contributed by atoms with Crippen molar-refractivity contribution in [3.05, 3.63) is 16.9 Å². The number of fused-ring (bicyclic) bond motifs is 1. The third kappa shape index (κ3) is 3.15. The van der Waals surface area contributed by atoms with Gasteiger partial charge in [-0.15, -0.1) is 0 Å². The molecular formula is C17H24BrN5O. The third-order valence-electron chi connectivity index (χ3n) is 4.74. The molecule has 1 aliphatic heterocycles. The van der Waals surface area contributed by atoms with Crippen LogP contribution in [0.4, 0.5) is 11.4 Å². The van der Waals surface area contributed by atoms with E-state index in [2.05, 4.69) is 43.0 Å². The molecule has 1 amide bonds. The lowest BCUT2D eigenvalue weighted by molar-refractivity contribution is -0.118. The maximum Gasteiger partial charge on any atom is 0.226 e. The van der Waals surface area contributed by atoms with E-state index in [1.165, 1.54) is 0 Å². The molecule has 2 aromatic rings. The van der Waals surface area contributed by atoms with Gasteiger partial charge in [-0.2, -0.15) is 0 Å². The minimum atomic E-state index is -0.0808. The summed E-state index contributed by atoms with van der Waals surface area (Å²) in [7, 11) is 0. The van der Waals surface area contributed by atoms with Crippen LogP contribution in [0, 0.1) is 11.8 Å². The number of amides is 1. The Morgan fingerprint density at radius 1 is 1.54 bits per heavy atom. The maximum absolute atomic E-state index is 12.1. The Morgan fingerprint density at radius 3 is 2.96 bits per heavy atom. The van der Waals surface area contributed by atoms with Crippen molar-refractivity contribution in [2.45, 2.75) is 33.2 Å². The summed E-state index contributed by atoms with van der Waals surface area (Å²) in [6.07, 6.45) is 4.65. The smallest absolute Gasteiger partial charge is 0.226 e. The summed E-state index contributed by atoms with van der Waals surface area (Å²) in [4.78, 5) is 22.0. The Kier molecular flexibility index (Phi) is 4.83. The van der Waals surface area contributed by atoms with Crippen molar-refractivity contribution < 1.29 is 4.79 Å². The normalized spacial score (nSPS) is 21.5. The molecule has 0 spiro atoms. The van der Waals surface area contributed by atoms with E-state index in [1.807, 2.05) is 13.8 Å². The van der Waals surface area contributed by atoms with Crippen molar-refractivity contribution in [2.24, 2.45) is 17.6 Å². The molecule has 4 N–H and O–H groups in total. The molecule has 0 saturated carbocycles. The first-order valence-corrected chi connectivity index (χ1v) is 9.14. The number of H-pyrrole nitrogens is 1. The first-order chi connectivity index (χ1) is 11.4. The highest BCUT2D eigenvalue weighted by atomic mass is 79.9. The molecule has 24 heavy (non-hydrogen) atoms. The van der Waals surface area contributed by atoms with Crippen molar-refractivity contribution in [3.8, 4) is 0 Å². The molecule has 2 aromatic heterocycles. The molecule has 1 unspecified atom stereocenters. The van der Waals surface area contributed by atoms with Gasteiger partial charge in [0.15, 0.2) is 0 Å². The number of pyridine rings is 1. The van der Waals surface area contributed by atoms with Crippen molar-refractivity contribution in [1.82, 2.24) is 9.97 Å². The molecule has 1 fully saturated rings. The SMILES string of the molecule is CC(C)C(=O)Nc1c[nH]c2ncc(Br)c(N3CCC(C)[C@@H](N)C3)c12. The number of aromatic amines is 1. The van der Waals surface area contributed by atoms with E-state index in [-0.39, 0.29) is 17.9 Å².